The van der Waals surface area contributed by atoms with E-state index in [1.807, 2.05) is 0 Å². The van der Waals surface area contributed by atoms with Crippen LogP contribution in [0.3, 0.4) is 0 Å². The monoisotopic (exact) mass is 198 g/mol. The normalized spacial score (nSPS) is 10.9. The Morgan fingerprint density at radius 3 is 2.50 bits per heavy atom. The molecular weight excluding hydrogens is 184 g/mol. The van der Waals surface area contributed by atoms with E-state index in [0.717, 1.165) is 0 Å². The Kier molecular flexibility index (Phi) is 5.29. The minimum Gasteiger partial charge on any atom is -0.478 e. The Labute approximate surface area is 82.9 Å². The maximum Gasteiger partial charge on any atom is 0.333 e. The molecule has 0 unspecified atom stereocenters. The average Bonchev–Trinajstić information content (AvgIpc) is 2.15. The van der Waals surface area contributed by atoms with Gasteiger partial charge < -0.3 is 9.84 Å². The van der Waals surface area contributed by atoms with Crippen LogP contribution >= 0.6 is 0 Å². The third-order valence-electron chi connectivity index (χ3n) is 1.66. The summed E-state index contributed by atoms with van der Waals surface area (Å²) in [4.78, 5) is 21.4. The van der Waals surface area contributed by atoms with Crippen molar-refractivity contribution in [3.05, 3.63) is 23.8 Å². The number of esters is 1. The van der Waals surface area contributed by atoms with Gasteiger partial charge in [-0.05, 0) is 19.4 Å². The molecule has 0 fully saturated rings. The number of ether oxygens (including phenoxy) is 1. The lowest BCUT2D eigenvalue weighted by Crippen LogP contribution is -2.07. The average molecular weight is 198 g/mol. The van der Waals surface area contributed by atoms with Gasteiger partial charge in [0.15, 0.2) is 0 Å². The van der Waals surface area contributed by atoms with Crippen molar-refractivity contribution in [2.45, 2.75) is 20.3 Å². The molecule has 0 saturated heterocycles. The van der Waals surface area contributed by atoms with Crippen molar-refractivity contribution in [1.29, 1.82) is 0 Å². The Morgan fingerprint density at radius 1 is 1.50 bits per heavy atom. The summed E-state index contributed by atoms with van der Waals surface area (Å²) < 4.78 is 4.74. The fraction of sp³-hybridized carbons (Fsp3) is 0.400. The second-order valence-electron chi connectivity index (χ2n) is 2.75. The quantitative estimate of drug-likeness (QED) is 0.537. The first-order chi connectivity index (χ1) is 6.49. The van der Waals surface area contributed by atoms with E-state index in [2.05, 4.69) is 6.58 Å². The third kappa shape index (κ3) is 4.45. The van der Waals surface area contributed by atoms with Crippen molar-refractivity contribution in [2.75, 3.05) is 6.61 Å². The van der Waals surface area contributed by atoms with Crippen molar-refractivity contribution in [3.8, 4) is 0 Å². The Hall–Kier alpha value is -1.58. The van der Waals surface area contributed by atoms with Gasteiger partial charge in [0, 0.05) is 11.1 Å². The minimum atomic E-state index is -1.02. The van der Waals surface area contributed by atoms with E-state index in [9.17, 15) is 9.59 Å². The van der Waals surface area contributed by atoms with Crippen LogP contribution in [0.2, 0.25) is 0 Å². The topological polar surface area (TPSA) is 63.6 Å². The van der Waals surface area contributed by atoms with Crippen LogP contribution in [0.15, 0.2) is 23.8 Å². The molecule has 0 aromatic rings. The van der Waals surface area contributed by atoms with Gasteiger partial charge in [-0.25, -0.2) is 9.59 Å². The molecular formula is C10H14O4. The molecule has 14 heavy (non-hydrogen) atoms. The van der Waals surface area contributed by atoms with E-state index in [1.54, 1.807) is 6.92 Å². The Bertz CT molecular complexity index is 276. The number of rotatable bonds is 5. The van der Waals surface area contributed by atoms with Crippen LogP contribution < -0.4 is 0 Å². The Morgan fingerprint density at radius 2 is 2.07 bits per heavy atom. The second kappa shape index (κ2) is 5.96. The van der Waals surface area contributed by atoms with E-state index in [0.29, 0.717) is 12.0 Å². The highest BCUT2D eigenvalue weighted by Crippen LogP contribution is 2.00. The summed E-state index contributed by atoms with van der Waals surface area (Å²) in [6.45, 7) is 6.69. The van der Waals surface area contributed by atoms with Crippen LogP contribution in [0.4, 0.5) is 0 Å². The van der Waals surface area contributed by atoms with Gasteiger partial charge in [-0.2, -0.15) is 0 Å². The second-order valence-corrected chi connectivity index (χ2v) is 2.75. The SMILES string of the molecule is C=C(CC)C(=O)OCC=C(C)C(=O)O. The van der Waals surface area contributed by atoms with Gasteiger partial charge in [-0.15, -0.1) is 0 Å². The molecule has 1 N–H and O–H groups in total. The van der Waals surface area contributed by atoms with Crippen LogP contribution in [-0.4, -0.2) is 23.7 Å². The maximum absolute atomic E-state index is 11.0. The van der Waals surface area contributed by atoms with Crippen LogP contribution in [0.1, 0.15) is 20.3 Å². The molecule has 0 aliphatic rings. The molecule has 0 rings (SSSR count). The molecule has 0 bridgehead atoms. The highest BCUT2D eigenvalue weighted by molar-refractivity contribution is 5.88. The van der Waals surface area contributed by atoms with E-state index >= 15 is 0 Å². The molecule has 4 heteroatoms. The fourth-order valence-corrected chi connectivity index (χ4v) is 0.576. The number of hydrogen-bond donors (Lipinski definition) is 1. The molecule has 0 aromatic carbocycles. The first-order valence-electron chi connectivity index (χ1n) is 4.24. The number of aliphatic carboxylic acids is 1. The number of carbonyl (C=O) groups excluding carboxylic acids is 1. The zero-order valence-corrected chi connectivity index (χ0v) is 8.37. The molecule has 4 nitrogen and oxygen atoms in total. The van der Waals surface area contributed by atoms with Gasteiger partial charge in [-0.1, -0.05) is 13.5 Å². The largest absolute Gasteiger partial charge is 0.478 e. The summed E-state index contributed by atoms with van der Waals surface area (Å²) in [6.07, 6.45) is 1.86. The maximum atomic E-state index is 11.0. The summed E-state index contributed by atoms with van der Waals surface area (Å²) >= 11 is 0. The van der Waals surface area contributed by atoms with Crippen molar-refractivity contribution in [2.24, 2.45) is 0 Å². The van der Waals surface area contributed by atoms with E-state index in [-0.39, 0.29) is 12.2 Å². The smallest absolute Gasteiger partial charge is 0.333 e. The zero-order chi connectivity index (χ0) is 11.1. The lowest BCUT2D eigenvalue weighted by atomic mass is 10.2. The first-order valence-corrected chi connectivity index (χ1v) is 4.24. The van der Waals surface area contributed by atoms with Crippen LogP contribution in [0, 0.1) is 0 Å². The Balaban J connectivity index is 3.97. The molecule has 0 aliphatic carbocycles. The van der Waals surface area contributed by atoms with E-state index in [1.165, 1.54) is 13.0 Å². The molecule has 0 saturated carbocycles. The van der Waals surface area contributed by atoms with Crippen LogP contribution in [-0.2, 0) is 14.3 Å². The van der Waals surface area contributed by atoms with E-state index in [4.69, 9.17) is 9.84 Å². The molecule has 0 spiro atoms. The summed E-state index contributed by atoms with van der Waals surface area (Å²) in [5.74, 6) is -1.50. The number of carbonyl (C=O) groups is 2. The standard InChI is InChI=1S/C10H14O4/c1-4-7(2)10(13)14-6-5-8(3)9(11)12/h5H,2,4,6H2,1,3H3,(H,11,12). The number of carboxylic acids is 1. The molecule has 0 radical (unpaired) electrons. The summed E-state index contributed by atoms with van der Waals surface area (Å²) in [5, 5.41) is 8.48. The minimum absolute atomic E-state index is 0.0318. The molecule has 0 aromatic heterocycles. The van der Waals surface area contributed by atoms with Gasteiger partial charge in [0.05, 0.1) is 0 Å². The van der Waals surface area contributed by atoms with Crippen molar-refractivity contribution in [3.63, 3.8) is 0 Å². The molecule has 0 aliphatic heterocycles. The highest BCUT2D eigenvalue weighted by Gasteiger charge is 2.05. The lowest BCUT2D eigenvalue weighted by Gasteiger charge is -2.02. The van der Waals surface area contributed by atoms with Crippen molar-refractivity contribution in [1.82, 2.24) is 0 Å². The van der Waals surface area contributed by atoms with Crippen LogP contribution in [0.5, 0.6) is 0 Å². The van der Waals surface area contributed by atoms with Gasteiger partial charge >= 0.3 is 11.9 Å². The van der Waals surface area contributed by atoms with Crippen molar-refractivity contribution < 1.29 is 19.4 Å². The lowest BCUT2D eigenvalue weighted by molar-refractivity contribution is -0.138. The fourth-order valence-electron chi connectivity index (χ4n) is 0.576. The van der Waals surface area contributed by atoms with Gasteiger partial charge in [0.1, 0.15) is 6.61 Å². The predicted octanol–water partition coefficient (Wildman–Crippen LogP) is 1.53. The molecule has 0 amide bonds. The van der Waals surface area contributed by atoms with E-state index < -0.39 is 11.9 Å². The van der Waals surface area contributed by atoms with Gasteiger partial charge in [0.25, 0.3) is 0 Å². The molecule has 78 valence electrons. The zero-order valence-electron chi connectivity index (χ0n) is 8.37. The highest BCUT2D eigenvalue weighted by atomic mass is 16.5. The molecule has 0 heterocycles. The first kappa shape index (κ1) is 12.4. The number of hydrogen-bond acceptors (Lipinski definition) is 3. The van der Waals surface area contributed by atoms with Gasteiger partial charge in [-0.3, -0.25) is 0 Å². The van der Waals surface area contributed by atoms with Crippen LogP contribution in [0.25, 0.3) is 0 Å². The summed E-state index contributed by atoms with van der Waals surface area (Å²) in [5.41, 5.74) is 0.534. The molecule has 0 atom stereocenters. The summed E-state index contributed by atoms with van der Waals surface area (Å²) in [7, 11) is 0. The van der Waals surface area contributed by atoms with Gasteiger partial charge in [0.2, 0.25) is 0 Å². The summed E-state index contributed by atoms with van der Waals surface area (Å²) in [6, 6.07) is 0. The third-order valence-corrected chi connectivity index (χ3v) is 1.66. The number of carboxylic acid groups (broad SMARTS) is 1. The van der Waals surface area contributed by atoms with Crippen molar-refractivity contribution >= 4 is 11.9 Å². The predicted molar refractivity (Wildman–Crippen MR) is 51.8 cm³/mol.